The number of nitrogens with one attached hydrogen (secondary N) is 1. The number of aromatic nitrogens is 3. The Morgan fingerprint density at radius 1 is 1.10 bits per heavy atom. The van der Waals surface area contributed by atoms with Crippen molar-refractivity contribution in [1.29, 1.82) is 0 Å². The topological polar surface area (TPSA) is 133 Å². The minimum atomic E-state index is -0.829. The highest BCUT2D eigenvalue weighted by molar-refractivity contribution is 14.1. The second-order valence-corrected chi connectivity index (χ2v) is 10.9. The molecule has 0 radical (unpaired) electrons. The van der Waals surface area contributed by atoms with Crippen LogP contribution in [-0.4, -0.2) is 93.8 Å². The van der Waals surface area contributed by atoms with E-state index >= 15 is 0 Å². The second-order valence-electron chi connectivity index (χ2n) is 10.4. The number of aliphatic carboxylic acids is 1. The molecule has 2 aliphatic heterocycles. The number of hydrogen-bond acceptors (Lipinski definition) is 10. The number of hydrogen-bond donors (Lipinski definition) is 3. The molecule has 2 fully saturated rings. The molecule has 2 saturated heterocycles. The molecular formula is C28H34FIN8O3. The summed E-state index contributed by atoms with van der Waals surface area (Å²) in [4.78, 5) is 30.9. The van der Waals surface area contributed by atoms with Crippen molar-refractivity contribution in [2.24, 2.45) is 5.73 Å². The van der Waals surface area contributed by atoms with Gasteiger partial charge in [-0.1, -0.05) is 0 Å². The van der Waals surface area contributed by atoms with Crippen molar-refractivity contribution in [3.05, 3.63) is 60.3 Å². The van der Waals surface area contributed by atoms with E-state index in [1.165, 1.54) is 6.07 Å². The fourth-order valence-corrected chi connectivity index (χ4v) is 5.77. The Bertz CT molecular complexity index is 1330. The van der Waals surface area contributed by atoms with Gasteiger partial charge in [0.05, 0.1) is 12.6 Å². The Kier molecular flexibility index (Phi) is 9.92. The SMILES string of the molecule is NCCC1CC(OI)CN1c1ncc(-c2ccnc(Nc3ccc(F)c(CN4CCN(CC(=O)O)CC4)c3)c2)cn1. The Hall–Kier alpha value is -2.98. The van der Waals surface area contributed by atoms with Crippen molar-refractivity contribution in [2.75, 3.05) is 56.0 Å². The number of rotatable bonds is 11. The molecule has 0 amide bonds. The molecule has 0 aliphatic carbocycles. The summed E-state index contributed by atoms with van der Waals surface area (Å²) < 4.78 is 20.2. The Morgan fingerprint density at radius 3 is 2.56 bits per heavy atom. The zero-order valence-electron chi connectivity index (χ0n) is 22.6. The number of benzene rings is 1. The van der Waals surface area contributed by atoms with Gasteiger partial charge in [0.15, 0.2) is 0 Å². The molecule has 5 rings (SSSR count). The van der Waals surface area contributed by atoms with Crippen molar-refractivity contribution in [3.8, 4) is 11.1 Å². The number of carbonyl (C=O) groups is 1. The quantitative estimate of drug-likeness (QED) is 0.259. The summed E-state index contributed by atoms with van der Waals surface area (Å²) in [6, 6.07) is 9.01. The van der Waals surface area contributed by atoms with E-state index in [9.17, 15) is 9.18 Å². The van der Waals surface area contributed by atoms with Gasteiger partial charge in [0.25, 0.3) is 0 Å². The molecule has 13 heteroatoms. The summed E-state index contributed by atoms with van der Waals surface area (Å²) in [5.41, 5.74) is 8.89. The molecule has 11 nitrogen and oxygen atoms in total. The van der Waals surface area contributed by atoms with Crippen molar-refractivity contribution in [1.82, 2.24) is 24.8 Å². The van der Waals surface area contributed by atoms with Crippen LogP contribution in [0.5, 0.6) is 0 Å². The predicted octanol–water partition coefficient (Wildman–Crippen LogP) is 3.29. The van der Waals surface area contributed by atoms with E-state index < -0.39 is 5.97 Å². The van der Waals surface area contributed by atoms with Crippen LogP contribution < -0.4 is 16.0 Å². The van der Waals surface area contributed by atoms with E-state index in [1.807, 2.05) is 52.4 Å². The van der Waals surface area contributed by atoms with Gasteiger partial charge in [0.2, 0.25) is 5.95 Å². The lowest BCUT2D eigenvalue weighted by Crippen LogP contribution is -2.47. The number of carboxylic acids is 1. The van der Waals surface area contributed by atoms with Gasteiger partial charge in [-0.3, -0.25) is 14.6 Å². The van der Waals surface area contributed by atoms with Gasteiger partial charge in [0.1, 0.15) is 34.6 Å². The zero-order valence-corrected chi connectivity index (χ0v) is 24.8. The molecule has 2 unspecified atom stereocenters. The predicted molar refractivity (Wildman–Crippen MR) is 163 cm³/mol. The number of halogens is 2. The highest BCUT2D eigenvalue weighted by Gasteiger charge is 2.33. The Balaban J connectivity index is 1.23. The fraction of sp³-hybridized carbons (Fsp3) is 0.429. The number of carboxylic acid groups (broad SMARTS) is 1. The van der Waals surface area contributed by atoms with E-state index in [4.69, 9.17) is 13.9 Å². The minimum Gasteiger partial charge on any atom is -0.480 e. The third kappa shape index (κ3) is 7.65. The summed E-state index contributed by atoms with van der Waals surface area (Å²) in [6.07, 6.45) is 7.23. The molecular weight excluding hydrogens is 642 g/mol. The van der Waals surface area contributed by atoms with Crippen LogP contribution in [-0.2, 0) is 14.4 Å². The molecule has 0 saturated carbocycles. The molecule has 2 aromatic heterocycles. The van der Waals surface area contributed by atoms with Crippen molar-refractivity contribution < 1.29 is 17.4 Å². The third-order valence-corrected chi connectivity index (χ3v) is 8.25. The van der Waals surface area contributed by atoms with Crippen LogP contribution in [0.3, 0.4) is 0 Å². The normalized spacial score (nSPS) is 19.9. The largest absolute Gasteiger partial charge is 0.480 e. The van der Waals surface area contributed by atoms with Crippen molar-refractivity contribution in [3.63, 3.8) is 0 Å². The van der Waals surface area contributed by atoms with E-state index in [0.29, 0.717) is 56.6 Å². The van der Waals surface area contributed by atoms with Gasteiger partial charge < -0.3 is 24.1 Å². The summed E-state index contributed by atoms with van der Waals surface area (Å²) in [5.74, 6) is 0.184. The Labute approximate surface area is 252 Å². The van der Waals surface area contributed by atoms with E-state index in [0.717, 1.165) is 36.2 Å². The maximum atomic E-state index is 14.7. The maximum absolute atomic E-state index is 14.7. The lowest BCUT2D eigenvalue weighted by molar-refractivity contribution is -0.138. The molecule has 41 heavy (non-hydrogen) atoms. The first-order chi connectivity index (χ1) is 19.9. The summed E-state index contributed by atoms with van der Waals surface area (Å²) in [5, 5.41) is 12.3. The van der Waals surface area contributed by atoms with Crippen LogP contribution in [0.1, 0.15) is 18.4 Å². The second kappa shape index (κ2) is 13.8. The minimum absolute atomic E-state index is 0.0339. The zero-order chi connectivity index (χ0) is 28.8. The van der Waals surface area contributed by atoms with Crippen LogP contribution in [0.25, 0.3) is 11.1 Å². The van der Waals surface area contributed by atoms with Gasteiger partial charge in [-0.05, 0) is 55.3 Å². The van der Waals surface area contributed by atoms with Crippen LogP contribution in [0.4, 0.5) is 21.8 Å². The molecule has 0 bridgehead atoms. The number of anilines is 3. The van der Waals surface area contributed by atoms with Crippen molar-refractivity contribution in [2.45, 2.75) is 31.5 Å². The fourth-order valence-electron chi connectivity index (χ4n) is 5.41. The Morgan fingerprint density at radius 2 is 1.85 bits per heavy atom. The van der Waals surface area contributed by atoms with Crippen LogP contribution in [0, 0.1) is 5.82 Å². The van der Waals surface area contributed by atoms with Crippen LogP contribution in [0.15, 0.2) is 48.9 Å². The monoisotopic (exact) mass is 676 g/mol. The lowest BCUT2D eigenvalue weighted by Gasteiger charge is -2.33. The average Bonchev–Trinajstić information content (AvgIpc) is 3.39. The molecule has 3 aromatic rings. The first-order valence-corrected chi connectivity index (χ1v) is 14.5. The van der Waals surface area contributed by atoms with Gasteiger partial charge in [-0.2, -0.15) is 0 Å². The molecule has 218 valence electrons. The standard InChI is InChI=1S/C28H34FIN8O3/c29-25-2-1-22(11-20(25)16-36-7-9-37(10-8-36)18-27(39)40)35-26-12-19(4-6-32-26)21-14-33-28(34-15-21)38-17-24(41-30)13-23(38)3-5-31/h1-2,4,6,11-12,14-15,23-24H,3,5,7-10,13,16-18,31H2,(H,32,35)(H,39,40). The molecule has 4 heterocycles. The van der Waals surface area contributed by atoms with Gasteiger partial charge in [-0.25, -0.2) is 19.3 Å². The number of pyridine rings is 1. The van der Waals surface area contributed by atoms with Gasteiger partial charge in [0, 0.05) is 80.7 Å². The first kappa shape index (κ1) is 29.5. The molecule has 2 aliphatic rings. The first-order valence-electron chi connectivity index (χ1n) is 13.7. The van der Waals surface area contributed by atoms with Gasteiger partial charge in [-0.15, -0.1) is 0 Å². The summed E-state index contributed by atoms with van der Waals surface area (Å²) in [7, 11) is 0. The summed E-state index contributed by atoms with van der Waals surface area (Å²) in [6.45, 7) is 4.48. The van der Waals surface area contributed by atoms with Gasteiger partial charge >= 0.3 is 5.97 Å². The molecule has 2 atom stereocenters. The number of piperazine rings is 1. The molecule has 0 spiro atoms. The summed E-state index contributed by atoms with van der Waals surface area (Å²) >= 11 is 1.95. The van der Waals surface area contributed by atoms with E-state index in [2.05, 4.69) is 30.1 Å². The maximum Gasteiger partial charge on any atom is 0.317 e. The van der Waals surface area contributed by atoms with Crippen LogP contribution in [0.2, 0.25) is 0 Å². The third-order valence-electron chi connectivity index (χ3n) is 7.53. The highest BCUT2D eigenvalue weighted by atomic mass is 127. The molecule has 1 aromatic carbocycles. The number of nitrogens with zero attached hydrogens (tertiary/aromatic N) is 6. The van der Waals surface area contributed by atoms with Crippen LogP contribution >= 0.6 is 23.0 Å². The average molecular weight is 677 g/mol. The van der Waals surface area contributed by atoms with Crippen molar-refractivity contribution >= 4 is 46.4 Å². The lowest BCUT2D eigenvalue weighted by atomic mass is 10.1. The van der Waals surface area contributed by atoms with E-state index in [-0.39, 0.29) is 24.5 Å². The van der Waals surface area contributed by atoms with E-state index in [1.54, 1.807) is 18.3 Å². The molecule has 4 N–H and O–H groups in total. The smallest absolute Gasteiger partial charge is 0.317 e. The highest BCUT2D eigenvalue weighted by Crippen LogP contribution is 2.29. The number of nitrogens with two attached hydrogens (primary N) is 1.